The number of hydrogen-bond donors (Lipinski definition) is 0. The van der Waals surface area contributed by atoms with Crippen molar-refractivity contribution in [1.82, 2.24) is 0 Å². The fourth-order valence-corrected chi connectivity index (χ4v) is 6.75. The molecule has 5 aromatic carbocycles. The van der Waals surface area contributed by atoms with Gasteiger partial charge in [0, 0.05) is 5.92 Å². The molecule has 0 heteroatoms. The Morgan fingerprint density at radius 1 is 0.500 bits per heavy atom. The fraction of sp³-hybridized carbons (Fsp3) is 0.100. The van der Waals surface area contributed by atoms with Gasteiger partial charge in [-0.05, 0) is 110 Å². The average Bonchev–Trinajstić information content (AvgIpc) is 3.04. The average molecular weight is 511 g/mol. The van der Waals surface area contributed by atoms with Gasteiger partial charge in [-0.1, -0.05) is 121 Å². The lowest BCUT2D eigenvalue weighted by Gasteiger charge is -2.25. The molecule has 0 nitrogen and oxygen atoms in total. The van der Waals surface area contributed by atoms with Crippen LogP contribution in [-0.4, -0.2) is 0 Å². The van der Waals surface area contributed by atoms with Gasteiger partial charge in [0.1, 0.15) is 0 Å². The first-order valence-electron chi connectivity index (χ1n) is 14.4. The lowest BCUT2D eigenvalue weighted by molar-refractivity contribution is 0.842. The Labute approximate surface area is 236 Å². The lowest BCUT2D eigenvalue weighted by Crippen LogP contribution is -2.07. The van der Waals surface area contributed by atoms with Gasteiger partial charge in [-0.3, -0.25) is 0 Å². The molecule has 3 aliphatic carbocycles. The molecule has 0 fully saturated rings. The van der Waals surface area contributed by atoms with Crippen LogP contribution in [-0.2, 0) is 12.8 Å². The SMILES string of the molecule is C1=CCC2C=Cc3cc(-c4cccc(-c5cccc(-c6ccc7c(c6)CCc6ccccc6-7)c5)c4)ccc3C2=C1. The smallest absolute Gasteiger partial charge is 0.00620 e. The molecular weight excluding hydrogens is 480 g/mol. The zero-order valence-electron chi connectivity index (χ0n) is 22.5. The Balaban J connectivity index is 1.12. The number of rotatable bonds is 3. The van der Waals surface area contributed by atoms with Gasteiger partial charge in [0.25, 0.3) is 0 Å². The zero-order chi connectivity index (χ0) is 26.5. The van der Waals surface area contributed by atoms with Gasteiger partial charge in [-0.15, -0.1) is 0 Å². The highest BCUT2D eigenvalue weighted by atomic mass is 14.2. The van der Waals surface area contributed by atoms with E-state index in [0.717, 1.165) is 19.3 Å². The van der Waals surface area contributed by atoms with Crippen LogP contribution in [0.2, 0.25) is 0 Å². The molecule has 0 N–H and O–H groups in total. The van der Waals surface area contributed by atoms with Crippen LogP contribution in [0.1, 0.15) is 28.7 Å². The van der Waals surface area contributed by atoms with Crippen LogP contribution < -0.4 is 0 Å². The first-order valence-corrected chi connectivity index (χ1v) is 14.4. The minimum absolute atomic E-state index is 0.518. The summed E-state index contributed by atoms with van der Waals surface area (Å²) in [7, 11) is 0. The number of hydrogen-bond acceptors (Lipinski definition) is 0. The van der Waals surface area contributed by atoms with Crippen molar-refractivity contribution in [2.75, 3.05) is 0 Å². The molecular formula is C40H30. The molecule has 0 amide bonds. The first-order chi connectivity index (χ1) is 19.8. The standard InChI is InChI=1S/C40H30/c1-3-13-37-27(7-1)15-17-35-25-33(19-21-39(35)37)31-11-5-9-29(23-31)30-10-6-12-32(24-30)34-20-22-40-36(26-34)18-16-28-8-2-4-14-38(28)40/h1-7,9-14,16,18-26,28H,8,15,17H2. The molecule has 190 valence electrons. The minimum Gasteiger partial charge on any atom is -0.0836 e. The summed E-state index contributed by atoms with van der Waals surface area (Å²) in [5, 5.41) is 0. The predicted octanol–water partition coefficient (Wildman–Crippen LogP) is 10.4. The minimum atomic E-state index is 0.518. The summed E-state index contributed by atoms with van der Waals surface area (Å²) in [4.78, 5) is 0. The molecule has 0 bridgehead atoms. The molecule has 40 heavy (non-hydrogen) atoms. The van der Waals surface area contributed by atoms with Crippen molar-refractivity contribution < 1.29 is 0 Å². The van der Waals surface area contributed by atoms with E-state index in [4.69, 9.17) is 0 Å². The van der Waals surface area contributed by atoms with E-state index in [-0.39, 0.29) is 0 Å². The highest BCUT2D eigenvalue weighted by molar-refractivity contribution is 5.86. The van der Waals surface area contributed by atoms with E-state index in [1.165, 1.54) is 72.3 Å². The second-order valence-corrected chi connectivity index (χ2v) is 11.2. The normalized spacial score (nSPS) is 16.4. The van der Waals surface area contributed by atoms with Gasteiger partial charge in [0.15, 0.2) is 0 Å². The molecule has 1 atom stereocenters. The monoisotopic (exact) mass is 510 g/mol. The van der Waals surface area contributed by atoms with Crippen molar-refractivity contribution >= 4 is 11.6 Å². The number of aryl methyl sites for hydroxylation is 2. The third-order valence-electron chi connectivity index (χ3n) is 8.87. The van der Waals surface area contributed by atoms with Gasteiger partial charge >= 0.3 is 0 Å². The van der Waals surface area contributed by atoms with Crippen LogP contribution >= 0.6 is 0 Å². The Kier molecular flexibility index (Phi) is 5.52. The van der Waals surface area contributed by atoms with E-state index in [2.05, 4.69) is 140 Å². The van der Waals surface area contributed by atoms with Crippen LogP contribution in [0.25, 0.3) is 56.2 Å². The molecule has 5 aromatic rings. The van der Waals surface area contributed by atoms with E-state index in [1.807, 2.05) is 0 Å². The molecule has 0 radical (unpaired) electrons. The summed E-state index contributed by atoms with van der Waals surface area (Å²) < 4.78 is 0. The summed E-state index contributed by atoms with van der Waals surface area (Å²) in [6, 6.07) is 40.8. The van der Waals surface area contributed by atoms with Crippen LogP contribution in [0.5, 0.6) is 0 Å². The molecule has 0 saturated heterocycles. The van der Waals surface area contributed by atoms with E-state index in [0.29, 0.717) is 5.92 Å². The van der Waals surface area contributed by atoms with Crippen molar-refractivity contribution in [3.63, 3.8) is 0 Å². The zero-order valence-corrected chi connectivity index (χ0v) is 22.5. The lowest BCUT2D eigenvalue weighted by atomic mass is 9.80. The first kappa shape index (κ1) is 23.2. The molecule has 1 unspecified atom stereocenters. The highest BCUT2D eigenvalue weighted by Crippen LogP contribution is 2.40. The van der Waals surface area contributed by atoms with Crippen LogP contribution in [0.15, 0.2) is 133 Å². The Hall–Kier alpha value is -4.68. The third kappa shape index (κ3) is 4.00. The molecule has 0 spiro atoms. The molecule has 8 rings (SSSR count). The Morgan fingerprint density at radius 2 is 1.12 bits per heavy atom. The summed E-state index contributed by atoms with van der Waals surface area (Å²) in [6.07, 6.45) is 14.7. The van der Waals surface area contributed by atoms with Gasteiger partial charge in [0.2, 0.25) is 0 Å². The molecule has 0 aliphatic heterocycles. The number of allylic oxidation sites excluding steroid dienone is 5. The topological polar surface area (TPSA) is 0 Å². The van der Waals surface area contributed by atoms with Gasteiger partial charge in [-0.25, -0.2) is 0 Å². The number of benzene rings is 5. The van der Waals surface area contributed by atoms with Gasteiger partial charge < -0.3 is 0 Å². The summed E-state index contributed by atoms with van der Waals surface area (Å²) >= 11 is 0. The summed E-state index contributed by atoms with van der Waals surface area (Å²) in [6.45, 7) is 0. The Morgan fingerprint density at radius 3 is 1.90 bits per heavy atom. The quantitative estimate of drug-likeness (QED) is 0.226. The summed E-state index contributed by atoms with van der Waals surface area (Å²) in [5.41, 5.74) is 17.4. The fourth-order valence-electron chi connectivity index (χ4n) is 6.75. The second-order valence-electron chi connectivity index (χ2n) is 11.2. The number of fused-ring (bicyclic) bond motifs is 6. The van der Waals surface area contributed by atoms with Crippen LogP contribution in [0.3, 0.4) is 0 Å². The van der Waals surface area contributed by atoms with Crippen molar-refractivity contribution in [2.24, 2.45) is 5.92 Å². The highest BCUT2D eigenvalue weighted by Gasteiger charge is 2.21. The van der Waals surface area contributed by atoms with Crippen molar-refractivity contribution in [3.8, 4) is 44.5 Å². The van der Waals surface area contributed by atoms with Gasteiger partial charge in [-0.2, -0.15) is 0 Å². The molecule has 3 aliphatic rings. The van der Waals surface area contributed by atoms with Crippen molar-refractivity contribution in [2.45, 2.75) is 19.3 Å². The largest absolute Gasteiger partial charge is 0.0836 e. The van der Waals surface area contributed by atoms with E-state index in [9.17, 15) is 0 Å². The maximum absolute atomic E-state index is 2.41. The summed E-state index contributed by atoms with van der Waals surface area (Å²) in [5.74, 6) is 0.518. The van der Waals surface area contributed by atoms with E-state index < -0.39 is 0 Å². The molecule has 0 saturated carbocycles. The third-order valence-corrected chi connectivity index (χ3v) is 8.87. The van der Waals surface area contributed by atoms with Crippen LogP contribution in [0, 0.1) is 5.92 Å². The van der Waals surface area contributed by atoms with E-state index in [1.54, 1.807) is 0 Å². The van der Waals surface area contributed by atoms with E-state index >= 15 is 0 Å². The molecule has 0 heterocycles. The molecule has 0 aromatic heterocycles. The maximum atomic E-state index is 2.41. The van der Waals surface area contributed by atoms with Crippen molar-refractivity contribution in [1.29, 1.82) is 0 Å². The van der Waals surface area contributed by atoms with Gasteiger partial charge in [0.05, 0.1) is 0 Å². The van der Waals surface area contributed by atoms with Crippen LogP contribution in [0.4, 0.5) is 0 Å². The second kappa shape index (κ2) is 9.50. The predicted molar refractivity (Wildman–Crippen MR) is 170 cm³/mol. The van der Waals surface area contributed by atoms with Crippen molar-refractivity contribution in [3.05, 3.63) is 156 Å². The Bertz CT molecular complexity index is 1880. The maximum Gasteiger partial charge on any atom is 0.00620 e.